The van der Waals surface area contributed by atoms with Crippen molar-refractivity contribution >= 4 is 65.1 Å². The molecule has 0 bridgehead atoms. The third kappa shape index (κ3) is 7.47. The number of halogens is 4. The number of hydrogen-bond acceptors (Lipinski definition) is 4. The molecule has 0 N–H and O–H groups in total. The summed E-state index contributed by atoms with van der Waals surface area (Å²) >= 11 is 12.2. The molecule has 0 heterocycles. The van der Waals surface area contributed by atoms with Crippen LogP contribution in [-0.2, 0) is 22.5 Å². The molecular weight excluding hydrogens is 615 g/mol. The van der Waals surface area contributed by atoms with Crippen LogP contribution in [0.2, 0.25) is 0 Å². The first-order valence-corrected chi connectivity index (χ1v) is 30.8. The van der Waals surface area contributed by atoms with Crippen molar-refractivity contribution in [2.45, 2.75) is 13.8 Å². The molecule has 0 saturated carbocycles. The van der Waals surface area contributed by atoms with Gasteiger partial charge in [-0.15, -0.1) is 0 Å². The van der Waals surface area contributed by atoms with Crippen LogP contribution >= 0.6 is 53.2 Å². The van der Waals surface area contributed by atoms with E-state index >= 15 is 0 Å². The molecule has 0 aromatic heterocycles. The Hall–Kier alpha value is 1.55. The fourth-order valence-electron chi connectivity index (χ4n) is 0.468. The van der Waals surface area contributed by atoms with Gasteiger partial charge in [-0.3, -0.25) is 0 Å². The molecular formula is C4H6Br4O4W. The Morgan fingerprint density at radius 1 is 0.923 bits per heavy atom. The fourth-order valence-corrected chi connectivity index (χ4v) is 16.0. The minimum atomic E-state index is -5.17. The Bertz CT molecular complexity index is 244. The molecule has 0 aliphatic heterocycles. The van der Waals surface area contributed by atoms with Crippen molar-refractivity contribution in [3.63, 3.8) is 0 Å². The van der Waals surface area contributed by atoms with Gasteiger partial charge < -0.3 is 0 Å². The van der Waals surface area contributed by atoms with Crippen LogP contribution in [0.1, 0.15) is 13.8 Å². The first-order chi connectivity index (χ1) is 5.34. The molecule has 0 atom stereocenters. The molecule has 9 heteroatoms. The van der Waals surface area contributed by atoms with E-state index < -0.39 is 18.0 Å². The molecule has 0 aromatic carbocycles. The molecule has 0 radical (unpaired) electrons. The Morgan fingerprint density at radius 2 is 1.15 bits per heavy atom. The van der Waals surface area contributed by atoms with Crippen molar-refractivity contribution < 1.29 is 22.5 Å². The maximum atomic E-state index is 10.8. The third-order valence-electron chi connectivity index (χ3n) is 0.555. The van der Waals surface area contributed by atoms with Gasteiger partial charge in [-0.1, -0.05) is 0 Å². The van der Waals surface area contributed by atoms with Crippen LogP contribution in [0.4, 0.5) is 0 Å². The van der Waals surface area contributed by atoms with Crippen LogP contribution in [-0.4, -0.2) is 11.9 Å². The fraction of sp³-hybridized carbons (Fsp3) is 0.500. The van der Waals surface area contributed by atoms with Gasteiger partial charge in [0.15, 0.2) is 0 Å². The summed E-state index contributed by atoms with van der Waals surface area (Å²) in [5.74, 6) is -1.19. The number of carbonyl (C=O) groups excluding carboxylic acids is 2. The Labute approximate surface area is 100 Å². The summed E-state index contributed by atoms with van der Waals surface area (Å²) in [6.07, 6.45) is -5.17. The van der Waals surface area contributed by atoms with E-state index in [0.717, 1.165) is 0 Å². The second kappa shape index (κ2) is 3.54. The molecule has 0 fully saturated rings. The van der Waals surface area contributed by atoms with Gasteiger partial charge in [0, 0.05) is 0 Å². The Kier molecular flexibility index (Phi) is 3.96. The van der Waals surface area contributed by atoms with E-state index in [1.165, 1.54) is 13.8 Å². The quantitative estimate of drug-likeness (QED) is 0.475. The second-order valence-corrected chi connectivity index (χ2v) is 102. The summed E-state index contributed by atoms with van der Waals surface area (Å²) in [6, 6.07) is 0. The third-order valence-corrected chi connectivity index (χ3v) is 13.2. The summed E-state index contributed by atoms with van der Waals surface area (Å²) in [5, 5.41) is 0. The van der Waals surface area contributed by atoms with Gasteiger partial charge in [0.25, 0.3) is 0 Å². The molecule has 0 saturated heterocycles. The average Bonchev–Trinajstić information content (AvgIpc) is 1.47. The van der Waals surface area contributed by atoms with Crippen LogP contribution in [0.25, 0.3) is 0 Å². The van der Waals surface area contributed by atoms with Crippen molar-refractivity contribution in [2.75, 3.05) is 0 Å². The van der Waals surface area contributed by atoms with E-state index in [2.05, 4.69) is 53.2 Å². The van der Waals surface area contributed by atoms with Crippen LogP contribution in [0, 0.1) is 0 Å². The van der Waals surface area contributed by atoms with Gasteiger partial charge in [0.05, 0.1) is 0 Å². The zero-order chi connectivity index (χ0) is 11.0. The number of rotatable bonds is 2. The van der Waals surface area contributed by atoms with Crippen LogP contribution in [0.5, 0.6) is 0 Å². The summed E-state index contributed by atoms with van der Waals surface area (Å²) < 4.78 is 9.82. The molecule has 13 heavy (non-hydrogen) atoms. The van der Waals surface area contributed by atoms with Gasteiger partial charge in [0.2, 0.25) is 0 Å². The summed E-state index contributed by atoms with van der Waals surface area (Å²) in [5.41, 5.74) is 0. The van der Waals surface area contributed by atoms with Gasteiger partial charge in [-0.2, -0.15) is 0 Å². The van der Waals surface area contributed by atoms with Gasteiger partial charge in [-0.05, 0) is 0 Å². The molecule has 80 valence electrons. The summed E-state index contributed by atoms with van der Waals surface area (Å²) in [6.45, 7) is 2.39. The van der Waals surface area contributed by atoms with Crippen LogP contribution in [0.15, 0.2) is 0 Å². The normalized spacial score (nSPS) is 16.8. The van der Waals surface area contributed by atoms with Gasteiger partial charge in [0.1, 0.15) is 0 Å². The first kappa shape index (κ1) is 14.5. The van der Waals surface area contributed by atoms with E-state index in [-0.39, 0.29) is 0 Å². The van der Waals surface area contributed by atoms with Crippen molar-refractivity contribution in [3.8, 4) is 0 Å². The zero-order valence-electron chi connectivity index (χ0n) is 6.55. The molecule has 0 aliphatic rings. The maximum absolute atomic E-state index is 10.8. The van der Waals surface area contributed by atoms with Crippen molar-refractivity contribution in [2.24, 2.45) is 0 Å². The van der Waals surface area contributed by atoms with Crippen molar-refractivity contribution in [1.82, 2.24) is 0 Å². The van der Waals surface area contributed by atoms with Crippen LogP contribution in [0.3, 0.4) is 0 Å². The van der Waals surface area contributed by atoms with E-state index in [4.69, 9.17) is 6.78 Å². The predicted octanol–water partition coefficient (Wildman–Crippen LogP) is 3.41. The topological polar surface area (TPSA) is 52.6 Å². The first-order valence-electron chi connectivity index (χ1n) is 2.77. The molecule has 4 nitrogen and oxygen atoms in total. The minimum absolute atomic E-state index is 0.597. The van der Waals surface area contributed by atoms with Crippen molar-refractivity contribution in [1.29, 1.82) is 0 Å². The Balaban J connectivity index is 5.00. The molecule has 0 unspecified atom stereocenters. The van der Waals surface area contributed by atoms with E-state index in [9.17, 15) is 9.59 Å². The van der Waals surface area contributed by atoms with Gasteiger partial charge >= 0.3 is 101 Å². The Morgan fingerprint density at radius 3 is 1.31 bits per heavy atom. The summed E-state index contributed by atoms with van der Waals surface area (Å²) in [4.78, 5) is 21.5. The molecule has 0 aromatic rings. The second-order valence-electron chi connectivity index (χ2n) is 2.07. The number of carbonyl (C=O) groups is 2. The molecule has 0 spiro atoms. The average molecular weight is 622 g/mol. The summed E-state index contributed by atoms with van der Waals surface area (Å²) in [7, 11) is 0. The molecule has 0 amide bonds. The monoisotopic (exact) mass is 618 g/mol. The van der Waals surface area contributed by atoms with E-state index in [1.807, 2.05) is 0 Å². The standard InChI is InChI=1S/2C2H4O2.4BrH.W/c2*1-2(3)4;;;;;/h2*1H3,(H,3,4);4*1H;/q;;;;;;+6/p-6. The van der Waals surface area contributed by atoms with E-state index in [0.29, 0.717) is 0 Å². The van der Waals surface area contributed by atoms with Gasteiger partial charge in [-0.25, -0.2) is 0 Å². The van der Waals surface area contributed by atoms with Crippen LogP contribution < -0.4 is 0 Å². The predicted molar refractivity (Wildman–Crippen MR) is 59.2 cm³/mol. The SMILES string of the molecule is CC(=O)[O][W]([Br])([Br])([Br])([Br])[O]C(C)=O. The van der Waals surface area contributed by atoms with E-state index in [1.54, 1.807) is 0 Å². The molecule has 0 aliphatic carbocycles. The number of hydrogen-bond donors (Lipinski definition) is 0. The van der Waals surface area contributed by atoms with Crippen molar-refractivity contribution in [3.05, 3.63) is 0 Å². The zero-order valence-corrected chi connectivity index (χ0v) is 15.8. The molecule has 0 rings (SSSR count).